The van der Waals surface area contributed by atoms with Gasteiger partial charge in [0.2, 0.25) is 0 Å². The van der Waals surface area contributed by atoms with Crippen molar-refractivity contribution in [3.05, 3.63) is 10.4 Å². The van der Waals surface area contributed by atoms with Crippen molar-refractivity contribution in [1.29, 1.82) is 0 Å². The maximum atomic E-state index is 8.94. The summed E-state index contributed by atoms with van der Waals surface area (Å²) in [7, 11) is 0. The first kappa shape index (κ1) is 21.5. The van der Waals surface area contributed by atoms with Gasteiger partial charge in [-0.05, 0) is 116 Å². The van der Waals surface area contributed by atoms with Crippen LogP contribution in [0.25, 0.3) is 10.4 Å². The van der Waals surface area contributed by atoms with Crippen LogP contribution < -0.4 is 0 Å². The molecule has 0 amide bonds. The molecule has 0 aliphatic heterocycles. The highest BCUT2D eigenvalue weighted by Gasteiger charge is 2.60. The summed E-state index contributed by atoms with van der Waals surface area (Å²) in [6, 6.07) is 0. The van der Waals surface area contributed by atoms with Gasteiger partial charge in [0.15, 0.2) is 0 Å². The van der Waals surface area contributed by atoms with Crippen molar-refractivity contribution in [2.24, 2.45) is 57.4 Å². The van der Waals surface area contributed by atoms with Gasteiger partial charge in [0.25, 0.3) is 0 Å². The van der Waals surface area contributed by atoms with Gasteiger partial charge < -0.3 is 0 Å². The minimum atomic E-state index is -0.260. The molecular formula is C26H45N3. The molecule has 4 fully saturated rings. The van der Waals surface area contributed by atoms with Crippen molar-refractivity contribution in [1.82, 2.24) is 0 Å². The number of hydrogen-bond acceptors (Lipinski definition) is 1. The minimum absolute atomic E-state index is 0.260. The molecule has 0 aromatic heterocycles. The minimum Gasteiger partial charge on any atom is -0.0878 e. The summed E-state index contributed by atoms with van der Waals surface area (Å²) in [5.41, 5.74) is 9.82. The van der Waals surface area contributed by atoms with E-state index in [0.29, 0.717) is 16.7 Å². The van der Waals surface area contributed by atoms with Gasteiger partial charge >= 0.3 is 0 Å². The van der Waals surface area contributed by atoms with Gasteiger partial charge in [-0.1, -0.05) is 53.1 Å². The monoisotopic (exact) mass is 399 g/mol. The van der Waals surface area contributed by atoms with Crippen molar-refractivity contribution in [2.75, 3.05) is 0 Å². The second kappa shape index (κ2) is 7.47. The van der Waals surface area contributed by atoms with E-state index in [1.807, 2.05) is 0 Å². The van der Waals surface area contributed by atoms with Crippen molar-refractivity contribution < 1.29 is 0 Å². The Morgan fingerprint density at radius 2 is 1.69 bits per heavy atom. The van der Waals surface area contributed by atoms with Crippen molar-refractivity contribution >= 4 is 0 Å². The van der Waals surface area contributed by atoms with Crippen LogP contribution in [0, 0.1) is 52.3 Å². The number of nitrogens with zero attached hydrogens (tertiary/aromatic N) is 3. The van der Waals surface area contributed by atoms with Gasteiger partial charge in [-0.2, -0.15) is 0 Å². The van der Waals surface area contributed by atoms with E-state index in [1.165, 1.54) is 57.8 Å². The third-order valence-electron chi connectivity index (χ3n) is 10.8. The summed E-state index contributed by atoms with van der Waals surface area (Å²) >= 11 is 0. The molecular weight excluding hydrogens is 354 g/mol. The van der Waals surface area contributed by atoms with Gasteiger partial charge in [0.1, 0.15) is 0 Å². The van der Waals surface area contributed by atoms with Crippen LogP contribution in [0.1, 0.15) is 106 Å². The molecule has 0 aromatic rings. The van der Waals surface area contributed by atoms with E-state index < -0.39 is 0 Å². The molecule has 4 aliphatic rings. The number of azide groups is 1. The summed E-state index contributed by atoms with van der Waals surface area (Å²) in [5, 5.41) is 4.10. The summed E-state index contributed by atoms with van der Waals surface area (Å²) in [6.45, 7) is 14.5. The van der Waals surface area contributed by atoms with E-state index in [-0.39, 0.29) is 5.54 Å². The van der Waals surface area contributed by atoms with E-state index in [4.69, 9.17) is 5.53 Å². The Bertz CT molecular complexity index is 665. The summed E-state index contributed by atoms with van der Waals surface area (Å²) in [6.07, 6.45) is 14.2. The van der Waals surface area contributed by atoms with Gasteiger partial charge in [-0.3, -0.25) is 0 Å². The lowest BCUT2D eigenvalue weighted by molar-refractivity contribution is -0.120. The predicted molar refractivity (Wildman–Crippen MR) is 121 cm³/mol. The first-order chi connectivity index (χ1) is 13.6. The van der Waals surface area contributed by atoms with Gasteiger partial charge in [0.05, 0.1) is 0 Å². The molecule has 0 saturated heterocycles. The number of rotatable bonds is 4. The maximum absolute atomic E-state index is 8.94. The lowest BCUT2D eigenvalue weighted by atomic mass is 9.44. The zero-order valence-electron chi connectivity index (χ0n) is 20.0. The third-order valence-corrected chi connectivity index (χ3v) is 10.8. The largest absolute Gasteiger partial charge is 0.0878 e. The molecule has 3 heteroatoms. The van der Waals surface area contributed by atoms with Crippen LogP contribution in [0.2, 0.25) is 0 Å². The Labute approximate surface area is 179 Å². The predicted octanol–water partition coefficient (Wildman–Crippen LogP) is 8.40. The van der Waals surface area contributed by atoms with Crippen molar-refractivity contribution in [3.8, 4) is 0 Å². The molecule has 4 aliphatic carbocycles. The standard InChI is InChI=1S/C26H45N3/c1-17-11-13-25(5)19(15-17)7-8-20-22-10-9-21(26(22,6)14-12-23(20)25)18(2)16-24(3,4)28-29-27/h17-23H,7-16H2,1-6H3/t17-,18-,19+,20?,21-,22+,23?,25+,26-/m1/s1. The lowest BCUT2D eigenvalue weighted by Crippen LogP contribution is -2.53. The average molecular weight is 400 g/mol. The van der Waals surface area contributed by atoms with Crippen LogP contribution in [-0.4, -0.2) is 5.54 Å². The highest BCUT2D eigenvalue weighted by molar-refractivity contribution is 5.09. The van der Waals surface area contributed by atoms with E-state index in [2.05, 4.69) is 51.6 Å². The molecule has 4 saturated carbocycles. The fraction of sp³-hybridized carbons (Fsp3) is 1.00. The Kier molecular flexibility index (Phi) is 5.55. The molecule has 0 aromatic carbocycles. The molecule has 29 heavy (non-hydrogen) atoms. The summed E-state index contributed by atoms with van der Waals surface area (Å²) in [4.78, 5) is 3.12. The van der Waals surface area contributed by atoms with Gasteiger partial charge in [-0.25, -0.2) is 0 Å². The average Bonchev–Trinajstić information content (AvgIpc) is 2.99. The van der Waals surface area contributed by atoms with Crippen molar-refractivity contribution in [3.63, 3.8) is 0 Å². The van der Waals surface area contributed by atoms with Gasteiger partial charge in [-0.15, -0.1) is 0 Å². The Balaban J connectivity index is 1.52. The fourth-order valence-corrected chi connectivity index (χ4v) is 9.54. The molecule has 0 spiro atoms. The molecule has 3 nitrogen and oxygen atoms in total. The molecule has 0 bridgehead atoms. The third kappa shape index (κ3) is 3.54. The van der Waals surface area contributed by atoms with Crippen LogP contribution in [0.5, 0.6) is 0 Å². The lowest BCUT2D eigenvalue weighted by Gasteiger charge is -2.61. The molecule has 9 atom stereocenters. The zero-order chi connectivity index (χ0) is 21.0. The molecule has 4 rings (SSSR count). The summed E-state index contributed by atoms with van der Waals surface area (Å²) < 4.78 is 0. The Morgan fingerprint density at radius 3 is 2.41 bits per heavy atom. The molecule has 0 heterocycles. The molecule has 2 unspecified atom stereocenters. The maximum Gasteiger partial charge on any atom is 0.0434 e. The first-order valence-electron chi connectivity index (χ1n) is 12.7. The van der Waals surface area contributed by atoms with E-state index in [0.717, 1.165) is 41.9 Å². The second-order valence-electron chi connectivity index (χ2n) is 12.9. The van der Waals surface area contributed by atoms with Crippen LogP contribution in [0.15, 0.2) is 5.11 Å². The van der Waals surface area contributed by atoms with E-state index in [9.17, 15) is 0 Å². The van der Waals surface area contributed by atoms with Crippen LogP contribution >= 0.6 is 0 Å². The summed E-state index contributed by atoms with van der Waals surface area (Å²) in [5.74, 6) is 6.30. The topological polar surface area (TPSA) is 48.8 Å². The second-order valence-corrected chi connectivity index (χ2v) is 12.9. The normalized spacial score (nSPS) is 48.1. The number of hydrogen-bond donors (Lipinski definition) is 0. The quantitative estimate of drug-likeness (QED) is 0.259. The van der Waals surface area contributed by atoms with Crippen LogP contribution in [0.3, 0.4) is 0 Å². The van der Waals surface area contributed by atoms with E-state index in [1.54, 1.807) is 0 Å². The first-order valence-corrected chi connectivity index (χ1v) is 12.7. The Hall–Kier alpha value is -0.690. The zero-order valence-corrected chi connectivity index (χ0v) is 20.0. The van der Waals surface area contributed by atoms with E-state index >= 15 is 0 Å². The molecule has 0 radical (unpaired) electrons. The van der Waals surface area contributed by atoms with Crippen molar-refractivity contribution in [2.45, 2.75) is 111 Å². The van der Waals surface area contributed by atoms with Crippen LogP contribution in [-0.2, 0) is 0 Å². The Morgan fingerprint density at radius 1 is 1.00 bits per heavy atom. The molecule has 0 N–H and O–H groups in total. The molecule has 164 valence electrons. The fourth-order valence-electron chi connectivity index (χ4n) is 9.54. The smallest absolute Gasteiger partial charge is 0.0434 e. The SMILES string of the molecule is C[C@@H]1CC[C@]2(C)C3CC[C@]4(C)[C@@H]([C@H](C)CC(C)(C)N=[N+]=[N-])CC[C@H]4C3CC[C@H]2C1. The van der Waals surface area contributed by atoms with Gasteiger partial charge in [0, 0.05) is 10.5 Å². The highest BCUT2D eigenvalue weighted by atomic mass is 15.2. The highest BCUT2D eigenvalue weighted by Crippen LogP contribution is 2.68. The number of fused-ring (bicyclic) bond motifs is 5. The van der Waals surface area contributed by atoms with Crippen LogP contribution in [0.4, 0.5) is 0 Å².